The van der Waals surface area contributed by atoms with E-state index < -0.39 is 10.0 Å². The van der Waals surface area contributed by atoms with Crippen LogP contribution in [0.15, 0.2) is 46.7 Å². The third-order valence-corrected chi connectivity index (χ3v) is 8.40. The van der Waals surface area contributed by atoms with Crippen molar-refractivity contribution in [1.82, 2.24) is 14.5 Å². The fourth-order valence-electron chi connectivity index (χ4n) is 3.96. The van der Waals surface area contributed by atoms with Gasteiger partial charge >= 0.3 is 0 Å². The van der Waals surface area contributed by atoms with Gasteiger partial charge in [0.1, 0.15) is 0 Å². The van der Waals surface area contributed by atoms with E-state index in [1.54, 1.807) is 35.4 Å². The highest BCUT2D eigenvalue weighted by Crippen LogP contribution is 2.21. The molecule has 8 heteroatoms. The number of amides is 1. The van der Waals surface area contributed by atoms with Crippen LogP contribution in [0.25, 0.3) is 0 Å². The van der Waals surface area contributed by atoms with E-state index in [1.807, 2.05) is 17.5 Å². The SMILES string of the molecule is CN(CCN(C)C1CCCCC1)C(=O)c1ccc(S(=O)(=O)NCCc2cccs2)cc1. The van der Waals surface area contributed by atoms with Crippen LogP contribution in [0.3, 0.4) is 0 Å². The predicted molar refractivity (Wildman–Crippen MR) is 126 cm³/mol. The molecule has 1 aromatic heterocycles. The molecule has 0 bridgehead atoms. The van der Waals surface area contributed by atoms with Crippen LogP contribution in [-0.4, -0.2) is 63.9 Å². The molecule has 0 spiro atoms. The van der Waals surface area contributed by atoms with Crippen LogP contribution in [-0.2, 0) is 16.4 Å². The van der Waals surface area contributed by atoms with Crippen molar-refractivity contribution < 1.29 is 13.2 Å². The van der Waals surface area contributed by atoms with Gasteiger partial charge in [0, 0.05) is 43.2 Å². The molecule has 1 amide bonds. The summed E-state index contributed by atoms with van der Waals surface area (Å²) in [5.74, 6) is -0.0911. The first-order valence-electron chi connectivity index (χ1n) is 10.9. The van der Waals surface area contributed by atoms with Gasteiger partial charge in [-0.2, -0.15) is 0 Å². The zero-order valence-corrected chi connectivity index (χ0v) is 20.1. The van der Waals surface area contributed by atoms with Crippen LogP contribution in [0.1, 0.15) is 47.3 Å². The molecule has 0 saturated heterocycles. The topological polar surface area (TPSA) is 69.7 Å². The molecular weight excluding hydrogens is 430 g/mol. The molecule has 1 heterocycles. The molecular formula is C23H33N3O3S2. The summed E-state index contributed by atoms with van der Waals surface area (Å²) in [6.07, 6.45) is 7.06. The second-order valence-corrected chi connectivity index (χ2v) is 11.0. The molecule has 0 atom stereocenters. The van der Waals surface area contributed by atoms with Crippen LogP contribution >= 0.6 is 11.3 Å². The summed E-state index contributed by atoms with van der Waals surface area (Å²) in [6, 6.07) is 10.8. The highest BCUT2D eigenvalue weighted by molar-refractivity contribution is 7.89. The summed E-state index contributed by atoms with van der Waals surface area (Å²) in [5.41, 5.74) is 0.500. The Labute approximate surface area is 190 Å². The van der Waals surface area contributed by atoms with Gasteiger partial charge < -0.3 is 9.80 Å². The summed E-state index contributed by atoms with van der Waals surface area (Å²) < 4.78 is 27.6. The number of carbonyl (C=O) groups excluding carboxylic acids is 1. The summed E-state index contributed by atoms with van der Waals surface area (Å²) in [5, 5.41) is 1.98. The molecule has 1 fully saturated rings. The average Bonchev–Trinajstić information content (AvgIpc) is 3.31. The zero-order chi connectivity index (χ0) is 22.3. The van der Waals surface area contributed by atoms with Crippen LogP contribution < -0.4 is 4.72 Å². The van der Waals surface area contributed by atoms with Gasteiger partial charge in [0.05, 0.1) is 4.90 Å². The quantitative estimate of drug-likeness (QED) is 0.584. The Hall–Kier alpha value is -1.74. The molecule has 1 N–H and O–H groups in total. The normalized spacial score (nSPS) is 15.3. The molecule has 170 valence electrons. The van der Waals surface area contributed by atoms with Gasteiger partial charge in [0.15, 0.2) is 0 Å². The maximum atomic E-state index is 12.7. The molecule has 1 saturated carbocycles. The van der Waals surface area contributed by atoms with Crippen LogP contribution in [0.5, 0.6) is 0 Å². The number of nitrogens with one attached hydrogen (secondary N) is 1. The van der Waals surface area contributed by atoms with Gasteiger partial charge in [-0.1, -0.05) is 25.3 Å². The Morgan fingerprint density at radius 1 is 1.06 bits per heavy atom. The van der Waals surface area contributed by atoms with Crippen LogP contribution in [0.2, 0.25) is 0 Å². The van der Waals surface area contributed by atoms with Crippen molar-refractivity contribution in [3.63, 3.8) is 0 Å². The Bertz CT molecular complexity index is 921. The predicted octanol–water partition coefficient (Wildman–Crippen LogP) is 3.61. The fraction of sp³-hybridized carbons (Fsp3) is 0.522. The standard InChI is InChI=1S/C23H33N3O3S2/c1-25(20-7-4-3-5-8-20)16-17-26(2)23(27)19-10-12-22(13-11-19)31(28,29)24-15-14-21-9-6-18-30-21/h6,9-13,18,20,24H,3-5,7-8,14-17H2,1-2H3. The maximum absolute atomic E-state index is 12.7. The van der Waals surface area contributed by atoms with Crippen molar-refractivity contribution in [3.05, 3.63) is 52.2 Å². The Kier molecular flexibility index (Phi) is 8.66. The lowest BCUT2D eigenvalue weighted by atomic mass is 9.94. The average molecular weight is 464 g/mol. The molecule has 1 aliphatic rings. The van der Waals surface area contributed by atoms with Gasteiger partial charge in [-0.25, -0.2) is 13.1 Å². The van der Waals surface area contributed by atoms with Gasteiger partial charge in [-0.15, -0.1) is 11.3 Å². The van der Waals surface area contributed by atoms with E-state index in [2.05, 4.69) is 16.7 Å². The number of hydrogen-bond donors (Lipinski definition) is 1. The molecule has 6 nitrogen and oxygen atoms in total. The number of sulfonamides is 1. The second kappa shape index (κ2) is 11.2. The van der Waals surface area contributed by atoms with Crippen molar-refractivity contribution in [2.75, 3.05) is 33.7 Å². The third kappa shape index (κ3) is 6.87. The van der Waals surface area contributed by atoms with Gasteiger partial charge in [-0.05, 0) is 62.0 Å². The number of benzene rings is 1. The van der Waals surface area contributed by atoms with Gasteiger partial charge in [-0.3, -0.25) is 4.79 Å². The number of hydrogen-bond acceptors (Lipinski definition) is 5. The highest BCUT2D eigenvalue weighted by Gasteiger charge is 2.20. The van der Waals surface area contributed by atoms with Crippen LogP contribution in [0.4, 0.5) is 0 Å². The minimum Gasteiger partial charge on any atom is -0.340 e. The van der Waals surface area contributed by atoms with Gasteiger partial charge in [0.2, 0.25) is 10.0 Å². The Balaban J connectivity index is 1.50. The number of likely N-dealkylation sites (N-methyl/N-ethyl adjacent to an activating group) is 2. The number of nitrogens with zero attached hydrogens (tertiary/aromatic N) is 2. The smallest absolute Gasteiger partial charge is 0.253 e. The maximum Gasteiger partial charge on any atom is 0.253 e. The Morgan fingerprint density at radius 3 is 2.42 bits per heavy atom. The van der Waals surface area contributed by atoms with Crippen LogP contribution in [0, 0.1) is 0 Å². The third-order valence-electron chi connectivity index (χ3n) is 5.99. The van der Waals surface area contributed by atoms with E-state index in [4.69, 9.17) is 0 Å². The van der Waals surface area contributed by atoms with Crippen molar-refractivity contribution >= 4 is 27.3 Å². The largest absolute Gasteiger partial charge is 0.340 e. The monoisotopic (exact) mass is 463 g/mol. The first-order chi connectivity index (χ1) is 14.9. The molecule has 0 unspecified atom stereocenters. The van der Waals surface area contributed by atoms with Crippen molar-refractivity contribution in [1.29, 1.82) is 0 Å². The molecule has 1 aliphatic carbocycles. The van der Waals surface area contributed by atoms with Crippen molar-refractivity contribution in [2.45, 2.75) is 49.5 Å². The summed E-state index contributed by atoms with van der Waals surface area (Å²) in [7, 11) is 0.351. The molecule has 31 heavy (non-hydrogen) atoms. The van der Waals surface area contributed by atoms with E-state index in [0.717, 1.165) is 11.4 Å². The number of rotatable bonds is 10. The first-order valence-corrected chi connectivity index (χ1v) is 13.3. The minimum atomic E-state index is -3.59. The first kappa shape index (κ1) is 23.9. The lowest BCUT2D eigenvalue weighted by Gasteiger charge is -2.32. The van der Waals surface area contributed by atoms with E-state index in [-0.39, 0.29) is 10.8 Å². The fourth-order valence-corrected chi connectivity index (χ4v) is 5.70. The van der Waals surface area contributed by atoms with Crippen molar-refractivity contribution in [2.24, 2.45) is 0 Å². The molecule has 0 radical (unpaired) electrons. The number of carbonyl (C=O) groups is 1. The molecule has 3 rings (SSSR count). The van der Waals surface area contributed by atoms with E-state index >= 15 is 0 Å². The molecule has 1 aromatic carbocycles. The summed E-state index contributed by atoms with van der Waals surface area (Å²) >= 11 is 1.61. The van der Waals surface area contributed by atoms with Crippen molar-refractivity contribution in [3.8, 4) is 0 Å². The Morgan fingerprint density at radius 2 is 1.77 bits per heavy atom. The van der Waals surface area contributed by atoms with E-state index in [0.29, 0.717) is 31.1 Å². The number of thiophene rings is 1. The summed E-state index contributed by atoms with van der Waals surface area (Å²) in [4.78, 5) is 18.1. The second-order valence-electron chi connectivity index (χ2n) is 8.25. The van der Waals surface area contributed by atoms with E-state index in [9.17, 15) is 13.2 Å². The summed E-state index contributed by atoms with van der Waals surface area (Å²) in [6.45, 7) is 1.84. The lowest BCUT2D eigenvalue weighted by molar-refractivity contribution is 0.0767. The van der Waals surface area contributed by atoms with E-state index in [1.165, 1.54) is 44.2 Å². The molecule has 2 aromatic rings. The molecule has 0 aliphatic heterocycles. The highest BCUT2D eigenvalue weighted by atomic mass is 32.2. The zero-order valence-electron chi connectivity index (χ0n) is 18.4. The van der Waals surface area contributed by atoms with Gasteiger partial charge in [0.25, 0.3) is 5.91 Å². The minimum absolute atomic E-state index is 0.0911. The lowest BCUT2D eigenvalue weighted by Crippen LogP contribution is -2.40.